The molecule has 98 valence electrons. The Hall–Kier alpha value is -2.24. The number of Topliss-reactive ketones (excluding diaryl/α,β-unsaturated/α-hetero) is 1. The average molecular weight is 259 g/mol. The molecule has 1 aliphatic heterocycles. The Labute approximate surface area is 108 Å². The van der Waals surface area contributed by atoms with Gasteiger partial charge >= 0.3 is 0 Å². The minimum Gasteiger partial charge on any atom is -0.306 e. The van der Waals surface area contributed by atoms with E-state index in [4.69, 9.17) is 0 Å². The second kappa shape index (κ2) is 3.88. The smallest absolute Gasteiger partial charge is 0.263 e. The van der Waals surface area contributed by atoms with Gasteiger partial charge < -0.3 is 4.98 Å². The van der Waals surface area contributed by atoms with Gasteiger partial charge in [0.2, 0.25) is 0 Å². The van der Waals surface area contributed by atoms with Gasteiger partial charge in [-0.05, 0) is 25.8 Å². The number of carbonyl (C=O) groups is 1. The summed E-state index contributed by atoms with van der Waals surface area (Å²) < 4.78 is 1.62. The minimum atomic E-state index is -0.479. The van der Waals surface area contributed by atoms with Crippen molar-refractivity contribution in [2.45, 2.75) is 33.2 Å². The lowest BCUT2D eigenvalue weighted by atomic mass is 10.0. The largest absolute Gasteiger partial charge is 0.306 e. The molecule has 0 saturated carbocycles. The zero-order valence-corrected chi connectivity index (χ0v) is 10.7. The van der Waals surface area contributed by atoms with Gasteiger partial charge in [0, 0.05) is 13.0 Å². The SMILES string of the molecule is CC(=O)c1c(C)c2c(=O)n3c(nc2[nH]c1=O)CCC3. The number of pyridine rings is 1. The van der Waals surface area contributed by atoms with Crippen molar-refractivity contribution in [2.24, 2.45) is 0 Å². The van der Waals surface area contributed by atoms with Crippen LogP contribution in [0.2, 0.25) is 0 Å². The van der Waals surface area contributed by atoms with Crippen LogP contribution in [0.1, 0.15) is 35.1 Å². The van der Waals surface area contributed by atoms with Crippen molar-refractivity contribution in [1.29, 1.82) is 0 Å². The Bertz CT molecular complexity index is 830. The van der Waals surface area contributed by atoms with Crippen molar-refractivity contribution in [1.82, 2.24) is 14.5 Å². The lowest BCUT2D eigenvalue weighted by Crippen LogP contribution is -2.27. The van der Waals surface area contributed by atoms with E-state index in [-0.39, 0.29) is 22.6 Å². The fraction of sp³-hybridized carbons (Fsp3) is 0.385. The molecule has 0 atom stereocenters. The monoisotopic (exact) mass is 259 g/mol. The number of nitrogens with one attached hydrogen (secondary N) is 1. The first-order chi connectivity index (χ1) is 9.00. The van der Waals surface area contributed by atoms with Gasteiger partial charge in [0.1, 0.15) is 11.5 Å². The van der Waals surface area contributed by atoms with Gasteiger partial charge in [-0.3, -0.25) is 19.0 Å². The van der Waals surface area contributed by atoms with Crippen LogP contribution in [0.15, 0.2) is 9.59 Å². The average Bonchev–Trinajstić information content (AvgIpc) is 2.76. The summed E-state index contributed by atoms with van der Waals surface area (Å²) in [5.74, 6) is 0.355. The predicted molar refractivity (Wildman–Crippen MR) is 69.7 cm³/mol. The maximum Gasteiger partial charge on any atom is 0.263 e. The summed E-state index contributed by atoms with van der Waals surface area (Å²) in [6.07, 6.45) is 1.61. The van der Waals surface area contributed by atoms with Gasteiger partial charge in [-0.1, -0.05) is 0 Å². The molecule has 0 fully saturated rings. The topological polar surface area (TPSA) is 84.8 Å². The summed E-state index contributed by atoms with van der Waals surface area (Å²) in [4.78, 5) is 42.7. The number of ketones is 1. The highest BCUT2D eigenvalue weighted by Crippen LogP contribution is 2.16. The molecule has 1 N–H and O–H groups in total. The third kappa shape index (κ3) is 1.56. The molecule has 0 amide bonds. The molecule has 0 unspecified atom stereocenters. The van der Waals surface area contributed by atoms with E-state index in [1.165, 1.54) is 6.92 Å². The van der Waals surface area contributed by atoms with Gasteiger partial charge in [0.05, 0.1) is 10.9 Å². The number of aromatic nitrogens is 3. The van der Waals surface area contributed by atoms with E-state index >= 15 is 0 Å². The molecule has 0 aromatic carbocycles. The molecule has 19 heavy (non-hydrogen) atoms. The van der Waals surface area contributed by atoms with E-state index < -0.39 is 5.56 Å². The Morgan fingerprint density at radius 2 is 2.11 bits per heavy atom. The number of hydrogen-bond acceptors (Lipinski definition) is 4. The first kappa shape index (κ1) is 11.8. The van der Waals surface area contributed by atoms with E-state index in [1.807, 2.05) is 0 Å². The number of fused-ring (bicyclic) bond motifs is 2. The quantitative estimate of drug-likeness (QED) is 0.757. The van der Waals surface area contributed by atoms with Crippen LogP contribution in [0, 0.1) is 6.92 Å². The predicted octanol–water partition coefficient (Wildman–Crippen LogP) is 0.542. The van der Waals surface area contributed by atoms with Crippen molar-refractivity contribution in [3.05, 3.63) is 37.7 Å². The highest BCUT2D eigenvalue weighted by atomic mass is 16.1. The van der Waals surface area contributed by atoms with Crippen molar-refractivity contribution in [3.63, 3.8) is 0 Å². The first-order valence-corrected chi connectivity index (χ1v) is 6.18. The first-order valence-electron chi connectivity index (χ1n) is 6.18. The molecule has 0 aliphatic carbocycles. The normalized spacial score (nSPS) is 13.8. The number of rotatable bonds is 1. The Morgan fingerprint density at radius 1 is 1.37 bits per heavy atom. The molecule has 6 heteroatoms. The van der Waals surface area contributed by atoms with Crippen molar-refractivity contribution in [2.75, 3.05) is 0 Å². The van der Waals surface area contributed by atoms with Gasteiger partial charge in [0.25, 0.3) is 11.1 Å². The third-order valence-electron chi connectivity index (χ3n) is 3.59. The summed E-state index contributed by atoms with van der Waals surface area (Å²) in [7, 11) is 0. The second-order valence-corrected chi connectivity index (χ2v) is 4.82. The van der Waals surface area contributed by atoms with Gasteiger partial charge in [-0.25, -0.2) is 4.98 Å². The van der Waals surface area contributed by atoms with Gasteiger partial charge in [-0.2, -0.15) is 0 Å². The fourth-order valence-corrected chi connectivity index (χ4v) is 2.73. The van der Waals surface area contributed by atoms with E-state index in [2.05, 4.69) is 9.97 Å². The van der Waals surface area contributed by atoms with Gasteiger partial charge in [-0.15, -0.1) is 0 Å². The zero-order chi connectivity index (χ0) is 13.7. The molecule has 0 saturated heterocycles. The second-order valence-electron chi connectivity index (χ2n) is 4.82. The van der Waals surface area contributed by atoms with Crippen LogP contribution in [-0.2, 0) is 13.0 Å². The van der Waals surface area contributed by atoms with Crippen molar-refractivity contribution >= 4 is 16.8 Å². The number of aryl methyl sites for hydroxylation is 2. The Morgan fingerprint density at radius 3 is 2.79 bits per heavy atom. The van der Waals surface area contributed by atoms with E-state index in [0.29, 0.717) is 23.3 Å². The highest BCUT2D eigenvalue weighted by Gasteiger charge is 2.21. The molecule has 3 heterocycles. The van der Waals surface area contributed by atoms with Crippen LogP contribution < -0.4 is 11.1 Å². The van der Waals surface area contributed by atoms with Crippen LogP contribution in [-0.4, -0.2) is 20.3 Å². The van der Waals surface area contributed by atoms with Crippen LogP contribution in [0.3, 0.4) is 0 Å². The van der Waals surface area contributed by atoms with E-state index in [0.717, 1.165) is 12.8 Å². The van der Waals surface area contributed by atoms with Crippen LogP contribution in [0.4, 0.5) is 0 Å². The maximum absolute atomic E-state index is 12.4. The molecular weight excluding hydrogens is 246 g/mol. The summed E-state index contributed by atoms with van der Waals surface area (Å²) in [5.41, 5.74) is 0.0997. The number of nitrogens with zero attached hydrogens (tertiary/aromatic N) is 2. The molecule has 2 aromatic rings. The summed E-state index contributed by atoms with van der Waals surface area (Å²) in [5, 5.41) is 0.343. The van der Waals surface area contributed by atoms with Gasteiger partial charge in [0.15, 0.2) is 5.78 Å². The lowest BCUT2D eigenvalue weighted by molar-refractivity contribution is 0.101. The molecule has 0 bridgehead atoms. The molecule has 2 aromatic heterocycles. The number of H-pyrrole nitrogens is 1. The molecule has 0 spiro atoms. The Kier molecular flexibility index (Phi) is 2.41. The molecule has 3 rings (SSSR count). The Balaban J connectivity index is 2.54. The highest BCUT2D eigenvalue weighted by molar-refractivity contribution is 5.99. The third-order valence-corrected chi connectivity index (χ3v) is 3.59. The standard InChI is InChI=1S/C13H13N3O3/c1-6-9(7(2)17)12(18)15-11-10(6)13(19)16-5-3-4-8(16)14-11/h3-5H2,1-2H3,(H,15,18). The number of aromatic amines is 1. The number of carbonyl (C=O) groups excluding carboxylic acids is 1. The molecule has 1 aliphatic rings. The van der Waals surface area contributed by atoms with Crippen LogP contribution >= 0.6 is 0 Å². The van der Waals surface area contributed by atoms with E-state index in [9.17, 15) is 14.4 Å². The lowest BCUT2D eigenvalue weighted by Gasteiger charge is -2.08. The summed E-state index contributed by atoms with van der Waals surface area (Å²) >= 11 is 0. The molecule has 6 nitrogen and oxygen atoms in total. The van der Waals surface area contributed by atoms with Crippen molar-refractivity contribution in [3.8, 4) is 0 Å². The fourth-order valence-electron chi connectivity index (χ4n) is 2.73. The van der Waals surface area contributed by atoms with Crippen LogP contribution in [0.25, 0.3) is 11.0 Å². The maximum atomic E-state index is 12.4. The van der Waals surface area contributed by atoms with Crippen molar-refractivity contribution < 1.29 is 4.79 Å². The van der Waals surface area contributed by atoms with E-state index in [1.54, 1.807) is 11.5 Å². The number of hydrogen-bond donors (Lipinski definition) is 1. The van der Waals surface area contributed by atoms with Crippen LogP contribution in [0.5, 0.6) is 0 Å². The minimum absolute atomic E-state index is 0.0462. The summed E-state index contributed by atoms with van der Waals surface area (Å²) in [6.45, 7) is 3.59. The summed E-state index contributed by atoms with van der Waals surface area (Å²) in [6, 6.07) is 0. The zero-order valence-electron chi connectivity index (χ0n) is 10.7. The molecule has 0 radical (unpaired) electrons. The molecular formula is C13H13N3O3.